The maximum absolute atomic E-state index is 11.5. The summed E-state index contributed by atoms with van der Waals surface area (Å²) >= 11 is 9.03. The van der Waals surface area contributed by atoms with Gasteiger partial charge in [-0.1, -0.05) is 17.7 Å². The quantitative estimate of drug-likeness (QED) is 0.635. The van der Waals surface area contributed by atoms with Gasteiger partial charge in [-0.25, -0.2) is 0 Å². The van der Waals surface area contributed by atoms with E-state index >= 15 is 0 Å². The van der Waals surface area contributed by atoms with Crippen molar-refractivity contribution in [1.82, 2.24) is 0 Å². The van der Waals surface area contributed by atoms with Crippen LogP contribution < -0.4 is 0 Å². The molecule has 80 valence electrons. The lowest BCUT2D eigenvalue weighted by Gasteiger charge is -2.02. The van der Waals surface area contributed by atoms with Crippen molar-refractivity contribution in [3.05, 3.63) is 33.3 Å². The number of ketones is 1. The van der Waals surface area contributed by atoms with Crippen LogP contribution in [-0.2, 0) is 9.53 Å². The fourth-order valence-corrected chi connectivity index (χ4v) is 1.35. The SMILES string of the molecule is CC(=O)OCC(=O)c1ccc(Br)c(Cl)c1. The second-order valence-electron chi connectivity index (χ2n) is 2.83. The third-order valence-electron chi connectivity index (χ3n) is 1.65. The van der Waals surface area contributed by atoms with Crippen LogP contribution in [0.15, 0.2) is 22.7 Å². The molecule has 5 heteroatoms. The number of benzene rings is 1. The fraction of sp³-hybridized carbons (Fsp3) is 0.200. The highest BCUT2D eigenvalue weighted by atomic mass is 79.9. The van der Waals surface area contributed by atoms with Crippen molar-refractivity contribution in [3.8, 4) is 0 Å². The number of ether oxygens (including phenoxy) is 1. The van der Waals surface area contributed by atoms with E-state index in [9.17, 15) is 9.59 Å². The molecule has 0 atom stereocenters. The summed E-state index contributed by atoms with van der Waals surface area (Å²) in [6.45, 7) is 0.995. The first-order chi connectivity index (χ1) is 7.00. The second kappa shape index (κ2) is 5.28. The predicted octanol–water partition coefficient (Wildman–Crippen LogP) is 2.85. The molecule has 3 nitrogen and oxygen atoms in total. The monoisotopic (exact) mass is 290 g/mol. The molecule has 0 saturated carbocycles. The summed E-state index contributed by atoms with van der Waals surface area (Å²) < 4.78 is 5.30. The Bertz CT molecular complexity index is 404. The smallest absolute Gasteiger partial charge is 0.303 e. The zero-order chi connectivity index (χ0) is 11.4. The van der Waals surface area contributed by atoms with Crippen molar-refractivity contribution in [1.29, 1.82) is 0 Å². The summed E-state index contributed by atoms with van der Waals surface area (Å²) in [5.41, 5.74) is 0.421. The lowest BCUT2D eigenvalue weighted by atomic mass is 10.1. The standard InChI is InChI=1S/C10H8BrClO3/c1-6(13)15-5-10(14)7-2-3-8(11)9(12)4-7/h2-4H,5H2,1H3. The van der Waals surface area contributed by atoms with Gasteiger partial charge in [-0.15, -0.1) is 0 Å². The Labute approximate surface area is 100 Å². The molecule has 0 fully saturated rings. The molecule has 0 radical (unpaired) electrons. The first kappa shape index (κ1) is 12.2. The summed E-state index contributed by atoms with van der Waals surface area (Å²) in [4.78, 5) is 22.0. The maximum atomic E-state index is 11.5. The molecule has 0 aliphatic carbocycles. The van der Waals surface area contributed by atoms with Gasteiger partial charge in [0.15, 0.2) is 12.4 Å². The molecular formula is C10H8BrClO3. The van der Waals surface area contributed by atoms with Gasteiger partial charge in [0.25, 0.3) is 0 Å². The summed E-state index contributed by atoms with van der Waals surface area (Å²) in [7, 11) is 0. The van der Waals surface area contributed by atoms with Gasteiger partial charge in [0, 0.05) is 17.0 Å². The van der Waals surface area contributed by atoms with E-state index in [1.807, 2.05) is 0 Å². The summed E-state index contributed by atoms with van der Waals surface area (Å²) in [6.07, 6.45) is 0. The second-order valence-corrected chi connectivity index (χ2v) is 4.09. The van der Waals surface area contributed by atoms with Crippen LogP contribution in [0.4, 0.5) is 0 Å². The molecule has 1 aromatic carbocycles. The van der Waals surface area contributed by atoms with Crippen molar-refractivity contribution >= 4 is 39.3 Å². The van der Waals surface area contributed by atoms with Crippen LogP contribution in [0.25, 0.3) is 0 Å². The Hall–Kier alpha value is -0.870. The Balaban J connectivity index is 2.74. The topological polar surface area (TPSA) is 43.4 Å². The van der Waals surface area contributed by atoms with Gasteiger partial charge < -0.3 is 4.74 Å². The van der Waals surface area contributed by atoms with Gasteiger partial charge in [-0.3, -0.25) is 9.59 Å². The molecular weight excluding hydrogens is 283 g/mol. The lowest BCUT2D eigenvalue weighted by molar-refractivity contribution is -0.139. The van der Waals surface area contributed by atoms with Gasteiger partial charge in [-0.2, -0.15) is 0 Å². The molecule has 0 heterocycles. The Morgan fingerprint density at radius 2 is 2.13 bits per heavy atom. The first-order valence-electron chi connectivity index (χ1n) is 4.12. The van der Waals surface area contributed by atoms with Gasteiger partial charge in [0.05, 0.1) is 5.02 Å². The molecule has 0 aromatic heterocycles. The summed E-state index contributed by atoms with van der Waals surface area (Å²) in [5.74, 6) is -0.758. The molecule has 0 aliphatic rings. The molecule has 1 rings (SSSR count). The van der Waals surface area contributed by atoms with E-state index in [-0.39, 0.29) is 12.4 Å². The molecule has 0 saturated heterocycles. The highest BCUT2D eigenvalue weighted by molar-refractivity contribution is 9.10. The van der Waals surface area contributed by atoms with E-state index in [1.54, 1.807) is 12.1 Å². The normalized spacial score (nSPS) is 9.80. The molecule has 0 bridgehead atoms. The molecule has 0 N–H and O–H groups in total. The minimum absolute atomic E-state index is 0.257. The predicted molar refractivity (Wildman–Crippen MR) is 60.1 cm³/mol. The Morgan fingerprint density at radius 1 is 1.47 bits per heavy atom. The number of halogens is 2. The molecule has 0 unspecified atom stereocenters. The minimum Gasteiger partial charge on any atom is -0.457 e. The van der Waals surface area contributed by atoms with Crippen LogP contribution >= 0.6 is 27.5 Å². The van der Waals surface area contributed by atoms with Gasteiger partial charge in [0.1, 0.15) is 0 Å². The zero-order valence-corrected chi connectivity index (χ0v) is 10.3. The number of Topliss-reactive ketones (excluding diaryl/α,β-unsaturated/α-hetero) is 1. The Morgan fingerprint density at radius 3 is 2.67 bits per heavy atom. The van der Waals surface area contributed by atoms with E-state index in [1.165, 1.54) is 13.0 Å². The van der Waals surface area contributed by atoms with Gasteiger partial charge >= 0.3 is 5.97 Å². The first-order valence-corrected chi connectivity index (χ1v) is 5.29. The molecule has 15 heavy (non-hydrogen) atoms. The summed E-state index contributed by atoms with van der Waals surface area (Å²) in [5, 5.41) is 0.448. The highest BCUT2D eigenvalue weighted by Gasteiger charge is 2.09. The maximum Gasteiger partial charge on any atom is 0.303 e. The van der Waals surface area contributed by atoms with Crippen LogP contribution in [-0.4, -0.2) is 18.4 Å². The average Bonchev–Trinajstić information content (AvgIpc) is 2.18. The van der Waals surface area contributed by atoms with E-state index in [0.29, 0.717) is 15.1 Å². The number of carbonyl (C=O) groups is 2. The van der Waals surface area contributed by atoms with E-state index < -0.39 is 5.97 Å². The largest absolute Gasteiger partial charge is 0.457 e. The molecule has 0 spiro atoms. The van der Waals surface area contributed by atoms with Crippen molar-refractivity contribution in [2.45, 2.75) is 6.92 Å². The fourth-order valence-electron chi connectivity index (χ4n) is 0.920. The minimum atomic E-state index is -0.480. The molecule has 0 aliphatic heterocycles. The average molecular weight is 292 g/mol. The zero-order valence-electron chi connectivity index (χ0n) is 7.92. The number of carbonyl (C=O) groups excluding carboxylic acids is 2. The van der Waals surface area contributed by atoms with E-state index in [2.05, 4.69) is 20.7 Å². The van der Waals surface area contributed by atoms with Crippen molar-refractivity contribution < 1.29 is 14.3 Å². The number of rotatable bonds is 3. The van der Waals surface area contributed by atoms with Crippen molar-refractivity contribution in [3.63, 3.8) is 0 Å². The van der Waals surface area contributed by atoms with Gasteiger partial charge in [-0.05, 0) is 28.1 Å². The van der Waals surface area contributed by atoms with Crippen LogP contribution in [0.5, 0.6) is 0 Å². The number of esters is 1. The van der Waals surface area contributed by atoms with Crippen LogP contribution in [0.1, 0.15) is 17.3 Å². The van der Waals surface area contributed by atoms with E-state index in [4.69, 9.17) is 11.6 Å². The van der Waals surface area contributed by atoms with Gasteiger partial charge in [0.2, 0.25) is 0 Å². The van der Waals surface area contributed by atoms with Crippen molar-refractivity contribution in [2.24, 2.45) is 0 Å². The third kappa shape index (κ3) is 3.64. The van der Waals surface area contributed by atoms with Crippen LogP contribution in [0, 0.1) is 0 Å². The number of hydrogen-bond donors (Lipinski definition) is 0. The number of hydrogen-bond acceptors (Lipinski definition) is 3. The molecule has 1 aromatic rings. The lowest BCUT2D eigenvalue weighted by Crippen LogP contribution is -2.11. The Kier molecular flexibility index (Phi) is 4.29. The van der Waals surface area contributed by atoms with Crippen LogP contribution in [0.3, 0.4) is 0 Å². The molecule has 0 amide bonds. The van der Waals surface area contributed by atoms with Crippen LogP contribution in [0.2, 0.25) is 5.02 Å². The highest BCUT2D eigenvalue weighted by Crippen LogP contribution is 2.23. The van der Waals surface area contributed by atoms with E-state index in [0.717, 1.165) is 0 Å². The van der Waals surface area contributed by atoms with Crippen molar-refractivity contribution in [2.75, 3.05) is 6.61 Å². The third-order valence-corrected chi connectivity index (χ3v) is 2.88. The summed E-state index contributed by atoms with van der Waals surface area (Å²) in [6, 6.07) is 4.81.